The maximum Gasteiger partial charge on any atom is 0.408 e. The van der Waals surface area contributed by atoms with Crippen LogP contribution in [0.25, 0.3) is 21.9 Å². The molecule has 2 saturated heterocycles. The number of ether oxygens (including phenoxy) is 2. The number of fused-ring (bicyclic) bond motifs is 2. The SMILES string of the molecule is CC(C)(C)OC(=O)c1ccc2nc(CN3CCC(c4cccc(CCc5ccc6cnn(CC(F)(F)F)c6c5)n4)CC3)n(CC3CCO3)c2c1. The number of alkyl halides is 3. The van der Waals surface area contributed by atoms with Crippen LogP contribution in [-0.4, -0.2) is 72.8 Å². The minimum Gasteiger partial charge on any atom is -0.456 e. The Labute approximate surface area is 289 Å². The molecule has 2 fully saturated rings. The first-order chi connectivity index (χ1) is 23.9. The summed E-state index contributed by atoms with van der Waals surface area (Å²) in [6.07, 6.45) is 1.62. The molecule has 50 heavy (non-hydrogen) atoms. The molecule has 264 valence electrons. The molecule has 0 aliphatic carbocycles. The van der Waals surface area contributed by atoms with E-state index in [1.165, 1.54) is 6.20 Å². The minimum atomic E-state index is -4.33. The second kappa shape index (κ2) is 13.8. The zero-order chi connectivity index (χ0) is 35.0. The Morgan fingerprint density at radius 3 is 2.48 bits per heavy atom. The summed E-state index contributed by atoms with van der Waals surface area (Å²) in [7, 11) is 0. The lowest BCUT2D eigenvalue weighted by atomic mass is 9.92. The van der Waals surface area contributed by atoms with Crippen LogP contribution in [0.2, 0.25) is 0 Å². The number of halogens is 3. The number of benzene rings is 2. The van der Waals surface area contributed by atoms with E-state index in [1.54, 1.807) is 12.1 Å². The third-order valence-electron chi connectivity index (χ3n) is 9.55. The van der Waals surface area contributed by atoms with Gasteiger partial charge in [0.1, 0.15) is 18.0 Å². The van der Waals surface area contributed by atoms with Crippen molar-refractivity contribution in [3.8, 4) is 0 Å². The van der Waals surface area contributed by atoms with Crippen LogP contribution in [0.3, 0.4) is 0 Å². The van der Waals surface area contributed by atoms with Crippen LogP contribution in [0.5, 0.6) is 0 Å². The van der Waals surface area contributed by atoms with E-state index >= 15 is 0 Å². The van der Waals surface area contributed by atoms with Gasteiger partial charge in [0.25, 0.3) is 0 Å². The second-order valence-corrected chi connectivity index (χ2v) is 14.5. The van der Waals surface area contributed by atoms with E-state index in [0.29, 0.717) is 48.3 Å². The average Bonchev–Trinajstić information content (AvgIpc) is 3.60. The van der Waals surface area contributed by atoms with Gasteiger partial charge >= 0.3 is 12.1 Å². The molecule has 2 aliphatic rings. The number of esters is 1. The molecule has 1 unspecified atom stereocenters. The highest BCUT2D eigenvalue weighted by Crippen LogP contribution is 2.30. The highest BCUT2D eigenvalue weighted by atomic mass is 19.4. The number of rotatable bonds is 10. The monoisotopic (exact) mass is 688 g/mol. The third kappa shape index (κ3) is 8.02. The van der Waals surface area contributed by atoms with Gasteiger partial charge in [0.05, 0.1) is 47.5 Å². The first kappa shape index (κ1) is 34.2. The Kier molecular flexibility index (Phi) is 9.42. The van der Waals surface area contributed by atoms with Crippen molar-refractivity contribution in [1.29, 1.82) is 0 Å². The largest absolute Gasteiger partial charge is 0.456 e. The number of carbonyl (C=O) groups excluding carboxylic acids is 1. The second-order valence-electron chi connectivity index (χ2n) is 14.5. The van der Waals surface area contributed by atoms with Crippen molar-refractivity contribution in [3.63, 3.8) is 0 Å². The van der Waals surface area contributed by atoms with Crippen molar-refractivity contribution < 1.29 is 27.4 Å². The Bertz CT molecular complexity index is 1980. The number of aryl methyl sites for hydroxylation is 2. The van der Waals surface area contributed by atoms with Gasteiger partial charge in [-0.25, -0.2) is 9.78 Å². The predicted molar refractivity (Wildman–Crippen MR) is 184 cm³/mol. The van der Waals surface area contributed by atoms with E-state index in [9.17, 15) is 18.0 Å². The molecule has 0 N–H and O–H groups in total. The Hall–Kier alpha value is -4.29. The number of likely N-dealkylation sites (tertiary alicyclic amines) is 1. The number of hydrogen-bond donors (Lipinski definition) is 0. The zero-order valence-corrected chi connectivity index (χ0v) is 28.7. The van der Waals surface area contributed by atoms with E-state index in [0.717, 1.165) is 77.4 Å². The number of piperidine rings is 1. The normalized spacial score (nSPS) is 17.8. The molecule has 5 aromatic rings. The van der Waals surface area contributed by atoms with Crippen LogP contribution in [0, 0.1) is 0 Å². The lowest BCUT2D eigenvalue weighted by Crippen LogP contribution is -2.35. The van der Waals surface area contributed by atoms with Crippen LogP contribution in [-0.2, 0) is 41.9 Å². The maximum atomic E-state index is 13.0. The first-order valence-electron chi connectivity index (χ1n) is 17.4. The van der Waals surface area contributed by atoms with Gasteiger partial charge in [0, 0.05) is 29.3 Å². The summed E-state index contributed by atoms with van der Waals surface area (Å²) in [5.74, 6) is 0.968. The smallest absolute Gasteiger partial charge is 0.408 e. The summed E-state index contributed by atoms with van der Waals surface area (Å²) in [6, 6.07) is 17.4. The topological polar surface area (TPSA) is 87.3 Å². The van der Waals surface area contributed by atoms with Crippen molar-refractivity contribution in [2.45, 2.75) is 96.3 Å². The van der Waals surface area contributed by atoms with Crippen LogP contribution in [0.15, 0.2) is 60.8 Å². The van der Waals surface area contributed by atoms with E-state index in [4.69, 9.17) is 19.4 Å². The molecule has 5 heterocycles. The van der Waals surface area contributed by atoms with E-state index in [-0.39, 0.29) is 12.1 Å². The van der Waals surface area contributed by atoms with Gasteiger partial charge in [-0.05, 0) is 108 Å². The fourth-order valence-corrected chi connectivity index (χ4v) is 6.88. The third-order valence-corrected chi connectivity index (χ3v) is 9.55. The van der Waals surface area contributed by atoms with Crippen molar-refractivity contribution >= 4 is 27.9 Å². The van der Waals surface area contributed by atoms with Crippen LogP contribution in [0.1, 0.15) is 79.1 Å². The molecule has 0 amide bonds. The standard InChI is InChI=1S/C38H43F3N6O3/c1-37(2,3)50-36(48)27-10-12-32-34(20-27)46(22-30-15-18-49-30)35(44-32)23-45-16-13-26(14-17-45)31-6-4-5-29(43-31)11-8-25-7-9-28-21-42-47(33(28)19-25)24-38(39,40)41/h4-7,9-10,12,19-21,26,30H,8,11,13-18,22-24H2,1-3H3. The first-order valence-corrected chi connectivity index (χ1v) is 17.4. The van der Waals surface area contributed by atoms with Crippen LogP contribution >= 0.6 is 0 Å². The molecule has 9 nitrogen and oxygen atoms in total. The zero-order valence-electron chi connectivity index (χ0n) is 28.7. The Morgan fingerprint density at radius 2 is 1.76 bits per heavy atom. The van der Waals surface area contributed by atoms with Gasteiger partial charge in [-0.15, -0.1) is 0 Å². The minimum absolute atomic E-state index is 0.140. The van der Waals surface area contributed by atoms with Gasteiger partial charge < -0.3 is 14.0 Å². The summed E-state index contributed by atoms with van der Waals surface area (Å²) in [5, 5.41) is 4.63. The average molecular weight is 689 g/mol. The molecule has 2 aromatic carbocycles. The van der Waals surface area contributed by atoms with Crippen molar-refractivity contribution in [2.24, 2.45) is 0 Å². The number of hydrogen-bond acceptors (Lipinski definition) is 7. The van der Waals surface area contributed by atoms with Crippen molar-refractivity contribution in [2.75, 3.05) is 19.7 Å². The molecule has 12 heteroatoms. The van der Waals surface area contributed by atoms with Gasteiger partial charge in [0.15, 0.2) is 0 Å². The molecule has 1 atom stereocenters. The predicted octanol–water partition coefficient (Wildman–Crippen LogP) is 7.25. The molecule has 0 saturated carbocycles. The molecule has 7 rings (SSSR count). The summed E-state index contributed by atoms with van der Waals surface area (Å²) < 4.78 is 53.7. The van der Waals surface area contributed by atoms with E-state index in [2.05, 4.69) is 26.7 Å². The Morgan fingerprint density at radius 1 is 0.960 bits per heavy atom. The number of nitrogens with zero attached hydrogens (tertiary/aromatic N) is 6. The molecular weight excluding hydrogens is 645 g/mol. The van der Waals surface area contributed by atoms with Crippen LogP contribution < -0.4 is 0 Å². The number of pyridine rings is 1. The fourth-order valence-electron chi connectivity index (χ4n) is 6.88. The summed E-state index contributed by atoms with van der Waals surface area (Å²) in [4.78, 5) is 25.3. The Balaban J connectivity index is 0.992. The molecular formula is C38H43F3N6O3. The lowest BCUT2D eigenvalue weighted by Gasteiger charge is -2.32. The number of imidazole rings is 1. The van der Waals surface area contributed by atoms with Crippen molar-refractivity contribution in [3.05, 3.63) is 89.1 Å². The van der Waals surface area contributed by atoms with Crippen molar-refractivity contribution in [1.82, 2.24) is 29.2 Å². The van der Waals surface area contributed by atoms with E-state index < -0.39 is 18.3 Å². The van der Waals surface area contributed by atoms with Gasteiger partial charge in [-0.2, -0.15) is 18.3 Å². The highest BCUT2D eigenvalue weighted by molar-refractivity contribution is 5.94. The molecule has 2 aliphatic heterocycles. The van der Waals surface area contributed by atoms with Crippen LogP contribution in [0.4, 0.5) is 13.2 Å². The molecule has 0 bridgehead atoms. The van der Waals surface area contributed by atoms with Gasteiger partial charge in [-0.3, -0.25) is 14.6 Å². The van der Waals surface area contributed by atoms with Gasteiger partial charge in [0.2, 0.25) is 0 Å². The lowest BCUT2D eigenvalue weighted by molar-refractivity contribution is -0.141. The molecule has 0 radical (unpaired) electrons. The fraction of sp³-hybridized carbons (Fsp3) is 0.474. The molecule has 3 aromatic heterocycles. The number of aromatic nitrogens is 5. The van der Waals surface area contributed by atoms with E-state index in [1.807, 2.05) is 51.1 Å². The maximum absolute atomic E-state index is 13.0. The molecule has 0 spiro atoms. The summed E-state index contributed by atoms with van der Waals surface area (Å²) in [5.41, 5.74) is 5.22. The summed E-state index contributed by atoms with van der Waals surface area (Å²) in [6.45, 7) is 8.49. The van der Waals surface area contributed by atoms with Gasteiger partial charge in [-0.1, -0.05) is 18.2 Å². The highest BCUT2D eigenvalue weighted by Gasteiger charge is 2.30. The quantitative estimate of drug-likeness (QED) is 0.143. The summed E-state index contributed by atoms with van der Waals surface area (Å²) >= 11 is 0. The number of carbonyl (C=O) groups is 1.